The van der Waals surface area contributed by atoms with Crippen molar-refractivity contribution in [3.8, 4) is 0 Å². The SMILES string of the molecule is C[C@]1(c2ccc([N+](=O)[O-])cc2)NC(=O)N(CC(=O)Nc2c(Cl)cccc2C(F)(F)F)C1=O. The number of nitrogens with one attached hydrogen (secondary N) is 2. The molecule has 9 nitrogen and oxygen atoms in total. The van der Waals surface area contributed by atoms with Gasteiger partial charge >= 0.3 is 12.2 Å². The number of carbonyl (C=O) groups is 3. The van der Waals surface area contributed by atoms with Crippen molar-refractivity contribution in [2.75, 3.05) is 11.9 Å². The molecule has 13 heteroatoms. The van der Waals surface area contributed by atoms with E-state index in [0.717, 1.165) is 30.3 Å². The number of amides is 4. The van der Waals surface area contributed by atoms with Crippen molar-refractivity contribution in [1.82, 2.24) is 10.2 Å². The van der Waals surface area contributed by atoms with Crippen molar-refractivity contribution in [2.24, 2.45) is 0 Å². The predicted octanol–water partition coefficient (Wildman–Crippen LogP) is 3.67. The van der Waals surface area contributed by atoms with Crippen molar-refractivity contribution in [3.63, 3.8) is 0 Å². The number of imide groups is 1. The number of benzene rings is 2. The van der Waals surface area contributed by atoms with Crippen LogP contribution in [0.1, 0.15) is 18.1 Å². The molecular weight excluding hydrogens is 457 g/mol. The van der Waals surface area contributed by atoms with Gasteiger partial charge in [-0.1, -0.05) is 17.7 Å². The van der Waals surface area contributed by atoms with Gasteiger partial charge in [0.05, 0.1) is 21.2 Å². The number of carbonyl (C=O) groups excluding carboxylic acids is 3. The molecule has 2 aromatic rings. The van der Waals surface area contributed by atoms with E-state index < -0.39 is 52.3 Å². The lowest BCUT2D eigenvalue weighted by Gasteiger charge is -2.22. The van der Waals surface area contributed by atoms with Crippen LogP contribution in [0.15, 0.2) is 42.5 Å². The molecule has 0 bridgehead atoms. The van der Waals surface area contributed by atoms with Gasteiger partial charge in [0, 0.05) is 12.1 Å². The molecule has 1 heterocycles. The average molecular weight is 471 g/mol. The van der Waals surface area contributed by atoms with E-state index in [1.54, 1.807) is 0 Å². The summed E-state index contributed by atoms with van der Waals surface area (Å²) < 4.78 is 39.6. The normalized spacial score (nSPS) is 18.5. The fourth-order valence-electron chi connectivity index (χ4n) is 3.16. The summed E-state index contributed by atoms with van der Waals surface area (Å²) in [4.78, 5) is 48.3. The highest BCUT2D eigenvalue weighted by atomic mass is 35.5. The molecule has 32 heavy (non-hydrogen) atoms. The maximum Gasteiger partial charge on any atom is 0.418 e. The third-order valence-electron chi connectivity index (χ3n) is 4.82. The van der Waals surface area contributed by atoms with E-state index in [0.29, 0.717) is 4.90 Å². The average Bonchev–Trinajstić information content (AvgIpc) is 2.92. The zero-order valence-corrected chi connectivity index (χ0v) is 17.0. The van der Waals surface area contributed by atoms with Gasteiger partial charge in [-0.3, -0.25) is 24.6 Å². The van der Waals surface area contributed by atoms with Gasteiger partial charge in [0.15, 0.2) is 0 Å². The molecule has 0 saturated carbocycles. The van der Waals surface area contributed by atoms with Gasteiger partial charge in [0.1, 0.15) is 12.1 Å². The number of urea groups is 1. The molecule has 1 saturated heterocycles. The van der Waals surface area contributed by atoms with E-state index in [4.69, 9.17) is 11.6 Å². The number of anilines is 1. The lowest BCUT2D eigenvalue weighted by atomic mass is 9.92. The van der Waals surface area contributed by atoms with E-state index in [1.165, 1.54) is 19.1 Å². The molecule has 1 atom stereocenters. The van der Waals surface area contributed by atoms with Gasteiger partial charge in [0.25, 0.3) is 11.6 Å². The number of alkyl halides is 3. The highest BCUT2D eigenvalue weighted by molar-refractivity contribution is 6.34. The van der Waals surface area contributed by atoms with Crippen LogP contribution < -0.4 is 10.6 Å². The van der Waals surface area contributed by atoms with Crippen LogP contribution in [-0.4, -0.2) is 34.2 Å². The summed E-state index contributed by atoms with van der Waals surface area (Å²) in [7, 11) is 0. The first-order valence-electron chi connectivity index (χ1n) is 8.89. The Kier molecular flexibility index (Phi) is 5.83. The van der Waals surface area contributed by atoms with Crippen LogP contribution in [0.2, 0.25) is 5.02 Å². The molecule has 0 radical (unpaired) electrons. The van der Waals surface area contributed by atoms with Crippen molar-refractivity contribution in [2.45, 2.75) is 18.6 Å². The number of nitrogens with zero attached hydrogens (tertiary/aromatic N) is 2. The first-order valence-corrected chi connectivity index (χ1v) is 9.27. The zero-order valence-electron chi connectivity index (χ0n) is 16.2. The Bertz CT molecular complexity index is 1120. The van der Waals surface area contributed by atoms with Gasteiger partial charge in [-0.25, -0.2) is 4.79 Å². The first kappa shape index (κ1) is 23.0. The Labute approximate surface area is 183 Å². The molecular formula is C19H14ClF3N4O5. The van der Waals surface area contributed by atoms with Crippen LogP contribution in [0, 0.1) is 10.1 Å². The summed E-state index contributed by atoms with van der Waals surface area (Å²) in [6.07, 6.45) is -4.80. The van der Waals surface area contributed by atoms with E-state index in [-0.39, 0.29) is 16.3 Å². The van der Waals surface area contributed by atoms with Crippen molar-refractivity contribution >= 4 is 40.8 Å². The van der Waals surface area contributed by atoms with E-state index >= 15 is 0 Å². The second kappa shape index (κ2) is 8.11. The van der Waals surface area contributed by atoms with Crippen LogP contribution in [0.3, 0.4) is 0 Å². The maximum atomic E-state index is 13.2. The molecule has 168 valence electrons. The van der Waals surface area contributed by atoms with Gasteiger partial charge in [0.2, 0.25) is 5.91 Å². The number of non-ortho nitro benzene ring substituents is 1. The number of hydrogen-bond donors (Lipinski definition) is 2. The fourth-order valence-corrected chi connectivity index (χ4v) is 3.38. The van der Waals surface area contributed by atoms with E-state index in [9.17, 15) is 37.7 Å². The molecule has 2 aromatic carbocycles. The zero-order chi connectivity index (χ0) is 23.8. The Morgan fingerprint density at radius 2 is 1.84 bits per heavy atom. The molecule has 0 spiro atoms. The van der Waals surface area contributed by atoms with Crippen LogP contribution in [0.25, 0.3) is 0 Å². The van der Waals surface area contributed by atoms with Gasteiger partial charge in [-0.15, -0.1) is 0 Å². The predicted molar refractivity (Wildman–Crippen MR) is 106 cm³/mol. The van der Waals surface area contributed by atoms with Crippen molar-refractivity contribution in [3.05, 3.63) is 68.7 Å². The lowest BCUT2D eigenvalue weighted by Crippen LogP contribution is -2.42. The van der Waals surface area contributed by atoms with Crippen LogP contribution in [-0.2, 0) is 21.3 Å². The minimum atomic E-state index is -4.80. The minimum absolute atomic E-state index is 0.217. The molecule has 0 aliphatic carbocycles. The van der Waals surface area contributed by atoms with E-state index in [2.05, 4.69) is 5.32 Å². The highest BCUT2D eigenvalue weighted by Crippen LogP contribution is 2.38. The summed E-state index contributed by atoms with van der Waals surface area (Å²) in [6, 6.07) is 6.82. The summed E-state index contributed by atoms with van der Waals surface area (Å²) in [5.41, 5.74) is -3.53. The number of nitro benzene ring substituents is 1. The van der Waals surface area contributed by atoms with Gasteiger partial charge < -0.3 is 10.6 Å². The highest BCUT2D eigenvalue weighted by Gasteiger charge is 2.49. The molecule has 2 N–H and O–H groups in total. The molecule has 1 aliphatic rings. The fraction of sp³-hybridized carbons (Fsp3) is 0.211. The number of halogens is 4. The molecule has 4 amide bonds. The topological polar surface area (TPSA) is 122 Å². The summed E-state index contributed by atoms with van der Waals surface area (Å²) in [6.45, 7) is 0.456. The second-order valence-electron chi connectivity index (χ2n) is 6.96. The third-order valence-corrected chi connectivity index (χ3v) is 5.13. The molecule has 0 aromatic heterocycles. The summed E-state index contributed by atoms with van der Waals surface area (Å²) in [5, 5.41) is 14.8. The van der Waals surface area contributed by atoms with Gasteiger partial charge in [-0.05, 0) is 36.8 Å². The number of nitro groups is 1. The maximum absolute atomic E-state index is 13.2. The van der Waals surface area contributed by atoms with Crippen molar-refractivity contribution < 1.29 is 32.5 Å². The van der Waals surface area contributed by atoms with Crippen LogP contribution >= 0.6 is 11.6 Å². The van der Waals surface area contributed by atoms with Crippen LogP contribution in [0.4, 0.5) is 29.3 Å². The molecule has 1 aliphatic heterocycles. The Hall–Kier alpha value is -3.67. The van der Waals surface area contributed by atoms with Crippen LogP contribution in [0.5, 0.6) is 0 Å². The third kappa shape index (κ3) is 4.21. The minimum Gasteiger partial charge on any atom is -0.323 e. The van der Waals surface area contributed by atoms with Gasteiger partial charge in [-0.2, -0.15) is 13.2 Å². The first-order chi connectivity index (χ1) is 14.8. The summed E-state index contributed by atoms with van der Waals surface area (Å²) >= 11 is 5.79. The quantitative estimate of drug-likeness (QED) is 0.392. The molecule has 1 fully saturated rings. The smallest absolute Gasteiger partial charge is 0.323 e. The number of para-hydroxylation sites is 1. The Balaban J connectivity index is 1.81. The Morgan fingerprint density at radius 1 is 1.22 bits per heavy atom. The monoisotopic (exact) mass is 470 g/mol. The van der Waals surface area contributed by atoms with Crippen molar-refractivity contribution in [1.29, 1.82) is 0 Å². The lowest BCUT2D eigenvalue weighted by molar-refractivity contribution is -0.384. The summed E-state index contributed by atoms with van der Waals surface area (Å²) in [5.74, 6) is -1.94. The molecule has 3 rings (SSSR count). The second-order valence-corrected chi connectivity index (χ2v) is 7.37. The number of hydrogen-bond acceptors (Lipinski definition) is 5. The Morgan fingerprint density at radius 3 is 2.41 bits per heavy atom. The largest absolute Gasteiger partial charge is 0.418 e. The molecule has 0 unspecified atom stereocenters. The van der Waals surface area contributed by atoms with E-state index in [1.807, 2.05) is 5.32 Å². The standard InChI is InChI=1S/C19H14ClF3N4O5/c1-18(10-5-7-11(8-6-10)27(31)32)16(29)26(17(30)25-18)9-14(28)24-15-12(19(21,22)23)3-2-4-13(15)20/h2-8H,9H2,1H3,(H,24,28)(H,25,30)/t18-/m1/s1. The number of rotatable bonds is 5.